The number of likely N-dealkylation sites (N-methyl/N-ethyl adjacent to an activating group) is 1. The third-order valence-electron chi connectivity index (χ3n) is 2.85. The van der Waals surface area contributed by atoms with Crippen LogP contribution in [0.5, 0.6) is 0 Å². The largest absolute Gasteiger partial charge is 0.478 e. The van der Waals surface area contributed by atoms with Gasteiger partial charge >= 0.3 is 5.97 Å². The predicted molar refractivity (Wildman–Crippen MR) is 71.6 cm³/mol. The lowest BCUT2D eigenvalue weighted by atomic mass is 10.2. The van der Waals surface area contributed by atoms with Crippen molar-refractivity contribution in [1.29, 1.82) is 0 Å². The molecule has 0 unspecified atom stereocenters. The third-order valence-corrected chi connectivity index (χ3v) is 3.29. The molecule has 0 spiro atoms. The van der Waals surface area contributed by atoms with E-state index in [1.54, 1.807) is 12.3 Å². The molecule has 0 bridgehead atoms. The summed E-state index contributed by atoms with van der Waals surface area (Å²) in [7, 11) is 2.07. The molecule has 1 aliphatic heterocycles. The normalized spacial score (nSPS) is 17.7. The SMILES string of the molecule is CN1CCN(Nc2ncc(Br)cc2C(=O)O)CC1. The van der Waals surface area contributed by atoms with Crippen molar-refractivity contribution in [2.24, 2.45) is 0 Å². The van der Waals surface area contributed by atoms with Gasteiger partial charge in [-0.3, -0.25) is 0 Å². The molecule has 18 heavy (non-hydrogen) atoms. The van der Waals surface area contributed by atoms with Crippen molar-refractivity contribution in [3.8, 4) is 0 Å². The fourth-order valence-corrected chi connectivity index (χ4v) is 2.09. The number of anilines is 1. The van der Waals surface area contributed by atoms with Gasteiger partial charge in [0.15, 0.2) is 5.82 Å². The summed E-state index contributed by atoms with van der Waals surface area (Å²) < 4.78 is 0.656. The summed E-state index contributed by atoms with van der Waals surface area (Å²) in [6.45, 7) is 3.58. The van der Waals surface area contributed by atoms with E-state index in [4.69, 9.17) is 5.11 Å². The number of hydrogen-bond donors (Lipinski definition) is 2. The van der Waals surface area contributed by atoms with Gasteiger partial charge in [0.25, 0.3) is 0 Å². The quantitative estimate of drug-likeness (QED) is 0.871. The number of hydrazine groups is 1. The first kappa shape index (κ1) is 13.3. The van der Waals surface area contributed by atoms with Crippen LogP contribution in [-0.2, 0) is 0 Å². The summed E-state index contributed by atoms with van der Waals surface area (Å²) >= 11 is 3.22. The number of nitrogens with zero attached hydrogens (tertiary/aromatic N) is 3. The molecule has 0 aromatic carbocycles. The fraction of sp³-hybridized carbons (Fsp3) is 0.455. The number of hydrogen-bond acceptors (Lipinski definition) is 5. The third kappa shape index (κ3) is 3.18. The zero-order chi connectivity index (χ0) is 13.1. The molecule has 0 aliphatic carbocycles. The maximum Gasteiger partial charge on any atom is 0.339 e. The van der Waals surface area contributed by atoms with Crippen LogP contribution in [0.4, 0.5) is 5.82 Å². The molecule has 0 atom stereocenters. The second-order valence-electron chi connectivity index (χ2n) is 4.26. The second kappa shape index (κ2) is 5.64. The molecular formula is C11H15BrN4O2. The van der Waals surface area contributed by atoms with Crippen molar-refractivity contribution in [2.45, 2.75) is 0 Å². The number of aromatic carboxylic acids is 1. The molecular weight excluding hydrogens is 300 g/mol. The highest BCUT2D eigenvalue weighted by Crippen LogP contribution is 2.18. The summed E-state index contributed by atoms with van der Waals surface area (Å²) in [5, 5.41) is 11.1. The van der Waals surface area contributed by atoms with E-state index >= 15 is 0 Å². The van der Waals surface area contributed by atoms with Gasteiger partial charge in [0.1, 0.15) is 5.56 Å². The van der Waals surface area contributed by atoms with Crippen LogP contribution in [0.15, 0.2) is 16.7 Å². The van der Waals surface area contributed by atoms with Crippen LogP contribution in [-0.4, -0.2) is 59.2 Å². The number of pyridine rings is 1. The highest BCUT2D eigenvalue weighted by atomic mass is 79.9. The van der Waals surface area contributed by atoms with Crippen molar-refractivity contribution in [3.63, 3.8) is 0 Å². The van der Waals surface area contributed by atoms with Gasteiger partial charge in [-0.1, -0.05) is 0 Å². The van der Waals surface area contributed by atoms with Gasteiger partial charge < -0.3 is 15.4 Å². The first-order valence-corrected chi connectivity index (χ1v) is 6.44. The Bertz CT molecular complexity index is 447. The molecule has 2 N–H and O–H groups in total. The molecule has 0 radical (unpaired) electrons. The van der Waals surface area contributed by atoms with E-state index in [1.807, 2.05) is 5.01 Å². The molecule has 7 heteroatoms. The monoisotopic (exact) mass is 314 g/mol. The molecule has 0 saturated carbocycles. The minimum Gasteiger partial charge on any atom is -0.478 e. The van der Waals surface area contributed by atoms with Crippen LogP contribution in [0.3, 0.4) is 0 Å². The summed E-state index contributed by atoms with van der Waals surface area (Å²) in [5.74, 6) is -0.601. The van der Waals surface area contributed by atoms with Crippen LogP contribution >= 0.6 is 15.9 Å². The Balaban J connectivity index is 2.11. The average Bonchev–Trinajstić information content (AvgIpc) is 2.34. The molecule has 1 aromatic heterocycles. The minimum absolute atomic E-state index is 0.170. The fourth-order valence-electron chi connectivity index (χ4n) is 1.76. The Morgan fingerprint density at radius 3 is 2.72 bits per heavy atom. The number of nitrogens with one attached hydrogen (secondary N) is 1. The lowest BCUT2D eigenvalue weighted by molar-refractivity contribution is 0.0696. The molecule has 2 rings (SSSR count). The standard InChI is InChI=1S/C11H15BrN4O2/c1-15-2-4-16(5-3-15)14-10-9(11(17)18)6-8(12)7-13-10/h6-7H,2-5H2,1H3,(H,13,14)(H,17,18). The van der Waals surface area contributed by atoms with E-state index in [9.17, 15) is 4.79 Å². The molecule has 2 heterocycles. The van der Waals surface area contributed by atoms with Crippen LogP contribution < -0.4 is 5.43 Å². The maximum atomic E-state index is 11.1. The molecule has 1 aromatic rings. The Labute approximate surface area is 114 Å². The first-order chi connectivity index (χ1) is 8.56. The topological polar surface area (TPSA) is 68.7 Å². The van der Waals surface area contributed by atoms with Gasteiger partial charge in [-0.25, -0.2) is 14.8 Å². The molecule has 98 valence electrons. The molecule has 1 saturated heterocycles. The maximum absolute atomic E-state index is 11.1. The van der Waals surface area contributed by atoms with E-state index in [0.29, 0.717) is 10.3 Å². The van der Waals surface area contributed by atoms with Crippen LogP contribution in [0.2, 0.25) is 0 Å². The van der Waals surface area contributed by atoms with Crippen LogP contribution in [0, 0.1) is 0 Å². The zero-order valence-corrected chi connectivity index (χ0v) is 11.6. The molecule has 1 fully saturated rings. The van der Waals surface area contributed by atoms with Gasteiger partial charge in [0.05, 0.1) is 0 Å². The summed E-state index contributed by atoms with van der Waals surface area (Å²) in [6, 6.07) is 1.55. The second-order valence-corrected chi connectivity index (χ2v) is 5.17. The highest BCUT2D eigenvalue weighted by molar-refractivity contribution is 9.10. The predicted octanol–water partition coefficient (Wildman–Crippen LogP) is 1.12. The lowest BCUT2D eigenvalue weighted by Crippen LogP contribution is -2.47. The van der Waals surface area contributed by atoms with Gasteiger partial charge in [0.2, 0.25) is 0 Å². The number of piperazine rings is 1. The first-order valence-electron chi connectivity index (χ1n) is 5.65. The van der Waals surface area contributed by atoms with E-state index in [0.717, 1.165) is 26.2 Å². The van der Waals surface area contributed by atoms with Gasteiger partial charge in [-0.15, -0.1) is 0 Å². The van der Waals surface area contributed by atoms with Crippen molar-refractivity contribution in [3.05, 3.63) is 22.3 Å². The molecule has 6 nitrogen and oxygen atoms in total. The molecule has 0 amide bonds. The van der Waals surface area contributed by atoms with Crippen molar-refractivity contribution in [2.75, 3.05) is 38.7 Å². The summed E-state index contributed by atoms with van der Waals surface area (Å²) in [5.41, 5.74) is 3.24. The Morgan fingerprint density at radius 2 is 2.11 bits per heavy atom. The number of carboxylic acid groups (broad SMARTS) is 1. The van der Waals surface area contributed by atoms with Gasteiger partial charge in [-0.2, -0.15) is 0 Å². The Morgan fingerprint density at radius 1 is 1.44 bits per heavy atom. The number of carbonyl (C=O) groups is 1. The van der Waals surface area contributed by atoms with Crippen molar-refractivity contribution in [1.82, 2.24) is 14.9 Å². The van der Waals surface area contributed by atoms with E-state index < -0.39 is 5.97 Å². The zero-order valence-electron chi connectivity index (χ0n) is 10.1. The van der Waals surface area contributed by atoms with Crippen molar-refractivity contribution < 1.29 is 9.90 Å². The average molecular weight is 315 g/mol. The lowest BCUT2D eigenvalue weighted by Gasteiger charge is -2.32. The van der Waals surface area contributed by atoms with Gasteiger partial charge in [0, 0.05) is 36.8 Å². The van der Waals surface area contributed by atoms with Crippen LogP contribution in [0.25, 0.3) is 0 Å². The highest BCUT2D eigenvalue weighted by Gasteiger charge is 2.17. The van der Waals surface area contributed by atoms with E-state index in [2.05, 4.69) is 38.3 Å². The Hall–Kier alpha value is -1.18. The van der Waals surface area contributed by atoms with Crippen molar-refractivity contribution >= 4 is 27.7 Å². The van der Waals surface area contributed by atoms with E-state index in [-0.39, 0.29) is 5.56 Å². The van der Waals surface area contributed by atoms with Gasteiger partial charge in [-0.05, 0) is 29.0 Å². The number of carboxylic acids is 1. The number of halogens is 1. The molecule has 1 aliphatic rings. The smallest absolute Gasteiger partial charge is 0.339 e. The van der Waals surface area contributed by atoms with E-state index in [1.165, 1.54) is 0 Å². The van der Waals surface area contributed by atoms with Crippen LogP contribution in [0.1, 0.15) is 10.4 Å². The number of rotatable bonds is 3. The number of aromatic nitrogens is 1. The summed E-state index contributed by atoms with van der Waals surface area (Å²) in [6.07, 6.45) is 1.59. The Kier molecular flexibility index (Phi) is 4.15. The minimum atomic E-state index is -0.986. The summed E-state index contributed by atoms with van der Waals surface area (Å²) in [4.78, 5) is 17.5.